The highest BCUT2D eigenvalue weighted by molar-refractivity contribution is 6.31. The Morgan fingerprint density at radius 2 is 2.00 bits per heavy atom. The number of ether oxygens (including phenoxy) is 1. The lowest BCUT2D eigenvalue weighted by Gasteiger charge is -2.08. The molecule has 0 unspecified atom stereocenters. The zero-order chi connectivity index (χ0) is 12.8. The molecule has 0 amide bonds. The van der Waals surface area contributed by atoms with Crippen molar-refractivity contribution in [3.8, 4) is 5.75 Å². The molecule has 4 heteroatoms. The second kappa shape index (κ2) is 6.07. The molecule has 0 bridgehead atoms. The summed E-state index contributed by atoms with van der Waals surface area (Å²) in [4.78, 5) is 0. The van der Waals surface area contributed by atoms with Gasteiger partial charge in [0, 0.05) is 10.6 Å². The highest BCUT2D eigenvalue weighted by Crippen LogP contribution is 2.18. The van der Waals surface area contributed by atoms with Crippen LogP contribution in [0.2, 0.25) is 5.02 Å². The van der Waals surface area contributed by atoms with Crippen LogP contribution in [0.4, 0.5) is 0 Å². The lowest BCUT2D eigenvalue weighted by atomic mass is 10.2. The van der Waals surface area contributed by atoms with Crippen LogP contribution in [0.25, 0.3) is 0 Å². The van der Waals surface area contributed by atoms with Crippen LogP contribution >= 0.6 is 11.6 Å². The normalized spacial score (nSPS) is 10.7. The Bertz CT molecular complexity index is 555. The van der Waals surface area contributed by atoms with Crippen LogP contribution in [0.5, 0.6) is 5.75 Å². The Morgan fingerprint density at radius 1 is 1.17 bits per heavy atom. The first kappa shape index (κ1) is 12.5. The maximum absolute atomic E-state index is 8.47. The standard InChI is InChI=1S/C14H12ClNO2/c15-14-7-2-1-5-12(14)10-18-13-6-3-4-11(8-13)9-16-17/h1-9,17H,10H2. The van der Waals surface area contributed by atoms with Crippen molar-refractivity contribution in [2.75, 3.05) is 0 Å². The van der Waals surface area contributed by atoms with Crippen molar-refractivity contribution in [2.45, 2.75) is 6.61 Å². The van der Waals surface area contributed by atoms with Gasteiger partial charge in [0.2, 0.25) is 0 Å². The molecule has 0 aliphatic heterocycles. The van der Waals surface area contributed by atoms with Gasteiger partial charge in [0.25, 0.3) is 0 Å². The number of oxime groups is 1. The van der Waals surface area contributed by atoms with Crippen molar-refractivity contribution in [2.24, 2.45) is 5.16 Å². The van der Waals surface area contributed by atoms with Crippen LogP contribution < -0.4 is 4.74 Å². The van der Waals surface area contributed by atoms with E-state index in [-0.39, 0.29) is 0 Å². The predicted octanol–water partition coefficient (Wildman–Crippen LogP) is 3.73. The third kappa shape index (κ3) is 3.25. The van der Waals surface area contributed by atoms with Gasteiger partial charge in [-0.3, -0.25) is 0 Å². The number of hydrogen-bond donors (Lipinski definition) is 1. The highest BCUT2D eigenvalue weighted by Gasteiger charge is 2.00. The van der Waals surface area contributed by atoms with E-state index in [9.17, 15) is 0 Å². The summed E-state index contributed by atoms with van der Waals surface area (Å²) in [6, 6.07) is 14.8. The summed E-state index contributed by atoms with van der Waals surface area (Å²) < 4.78 is 5.63. The first-order valence-electron chi connectivity index (χ1n) is 5.43. The third-order valence-corrected chi connectivity index (χ3v) is 2.79. The van der Waals surface area contributed by atoms with E-state index in [4.69, 9.17) is 21.5 Å². The van der Waals surface area contributed by atoms with E-state index in [0.717, 1.165) is 11.1 Å². The van der Waals surface area contributed by atoms with E-state index in [1.807, 2.05) is 42.5 Å². The SMILES string of the molecule is ON=Cc1cccc(OCc2ccccc2Cl)c1. The van der Waals surface area contributed by atoms with E-state index in [0.29, 0.717) is 17.4 Å². The van der Waals surface area contributed by atoms with Gasteiger partial charge in [-0.1, -0.05) is 47.1 Å². The molecule has 0 aromatic heterocycles. The lowest BCUT2D eigenvalue weighted by Crippen LogP contribution is -1.96. The van der Waals surface area contributed by atoms with Crippen LogP contribution in [0.15, 0.2) is 53.7 Å². The smallest absolute Gasteiger partial charge is 0.120 e. The van der Waals surface area contributed by atoms with Crippen molar-refractivity contribution in [3.63, 3.8) is 0 Å². The molecule has 2 rings (SSSR count). The van der Waals surface area contributed by atoms with Gasteiger partial charge in [0.1, 0.15) is 12.4 Å². The Kier molecular flexibility index (Phi) is 4.20. The van der Waals surface area contributed by atoms with Gasteiger partial charge in [-0.2, -0.15) is 0 Å². The number of hydrogen-bond acceptors (Lipinski definition) is 3. The van der Waals surface area contributed by atoms with Crippen LogP contribution in [-0.4, -0.2) is 11.4 Å². The van der Waals surface area contributed by atoms with Gasteiger partial charge in [0.15, 0.2) is 0 Å². The van der Waals surface area contributed by atoms with Gasteiger partial charge in [-0.05, 0) is 23.8 Å². The first-order valence-corrected chi connectivity index (χ1v) is 5.81. The first-order chi connectivity index (χ1) is 8.79. The molecule has 2 aromatic rings. The summed E-state index contributed by atoms with van der Waals surface area (Å²) in [6.07, 6.45) is 1.35. The molecule has 1 N–H and O–H groups in total. The monoisotopic (exact) mass is 261 g/mol. The van der Waals surface area contributed by atoms with Crippen LogP contribution in [0.3, 0.4) is 0 Å². The van der Waals surface area contributed by atoms with Gasteiger partial charge < -0.3 is 9.94 Å². The minimum absolute atomic E-state index is 0.402. The quantitative estimate of drug-likeness (QED) is 0.518. The molecule has 0 radical (unpaired) electrons. The Labute approximate surface area is 110 Å². The van der Waals surface area contributed by atoms with Crippen molar-refractivity contribution in [1.29, 1.82) is 0 Å². The van der Waals surface area contributed by atoms with Crippen LogP contribution in [0, 0.1) is 0 Å². The summed E-state index contributed by atoms with van der Waals surface area (Å²) in [5.74, 6) is 0.701. The predicted molar refractivity (Wildman–Crippen MR) is 71.6 cm³/mol. The Balaban J connectivity index is 2.06. The molecule has 0 atom stereocenters. The second-order valence-corrected chi connectivity index (χ2v) is 4.10. The van der Waals surface area contributed by atoms with Crippen molar-refractivity contribution in [1.82, 2.24) is 0 Å². The summed E-state index contributed by atoms with van der Waals surface area (Å²) in [7, 11) is 0. The topological polar surface area (TPSA) is 41.8 Å². The number of nitrogens with zero attached hydrogens (tertiary/aromatic N) is 1. The molecule has 0 aliphatic rings. The molecule has 18 heavy (non-hydrogen) atoms. The van der Waals surface area contributed by atoms with Crippen LogP contribution in [-0.2, 0) is 6.61 Å². The number of benzene rings is 2. The maximum atomic E-state index is 8.47. The average Bonchev–Trinajstić information content (AvgIpc) is 2.39. The van der Waals surface area contributed by atoms with Crippen LogP contribution in [0.1, 0.15) is 11.1 Å². The van der Waals surface area contributed by atoms with Gasteiger partial charge in [-0.15, -0.1) is 0 Å². The second-order valence-electron chi connectivity index (χ2n) is 3.70. The van der Waals surface area contributed by atoms with E-state index >= 15 is 0 Å². The summed E-state index contributed by atoms with van der Waals surface area (Å²) in [5.41, 5.74) is 1.70. The Morgan fingerprint density at radius 3 is 2.78 bits per heavy atom. The van der Waals surface area contributed by atoms with E-state index in [1.165, 1.54) is 6.21 Å². The Hall–Kier alpha value is -2.00. The minimum atomic E-state index is 0.402. The zero-order valence-electron chi connectivity index (χ0n) is 9.58. The third-order valence-electron chi connectivity index (χ3n) is 2.42. The molecule has 2 aromatic carbocycles. The largest absolute Gasteiger partial charge is 0.489 e. The van der Waals surface area contributed by atoms with Gasteiger partial charge in [-0.25, -0.2) is 0 Å². The average molecular weight is 262 g/mol. The molecule has 0 saturated carbocycles. The van der Waals surface area contributed by atoms with Crippen molar-refractivity contribution >= 4 is 17.8 Å². The number of rotatable bonds is 4. The number of halogens is 1. The fourth-order valence-electron chi connectivity index (χ4n) is 1.53. The molecule has 0 saturated heterocycles. The molecular formula is C14H12ClNO2. The fourth-order valence-corrected chi connectivity index (χ4v) is 1.72. The lowest BCUT2D eigenvalue weighted by molar-refractivity contribution is 0.306. The molecule has 0 heterocycles. The maximum Gasteiger partial charge on any atom is 0.120 e. The fraction of sp³-hybridized carbons (Fsp3) is 0.0714. The zero-order valence-corrected chi connectivity index (χ0v) is 10.3. The molecule has 92 valence electrons. The molecule has 0 fully saturated rings. The molecule has 3 nitrogen and oxygen atoms in total. The van der Waals surface area contributed by atoms with Crippen molar-refractivity contribution < 1.29 is 9.94 Å². The van der Waals surface area contributed by atoms with E-state index < -0.39 is 0 Å². The molecular weight excluding hydrogens is 250 g/mol. The highest BCUT2D eigenvalue weighted by atomic mass is 35.5. The molecule has 0 aliphatic carbocycles. The van der Waals surface area contributed by atoms with Gasteiger partial charge >= 0.3 is 0 Å². The minimum Gasteiger partial charge on any atom is -0.489 e. The summed E-state index contributed by atoms with van der Waals surface area (Å²) in [6.45, 7) is 0.402. The molecule has 0 spiro atoms. The van der Waals surface area contributed by atoms with E-state index in [2.05, 4.69) is 5.16 Å². The van der Waals surface area contributed by atoms with Gasteiger partial charge in [0.05, 0.1) is 6.21 Å². The summed E-state index contributed by atoms with van der Waals surface area (Å²) in [5, 5.41) is 12.1. The summed E-state index contributed by atoms with van der Waals surface area (Å²) >= 11 is 6.04. The van der Waals surface area contributed by atoms with E-state index in [1.54, 1.807) is 6.07 Å². The van der Waals surface area contributed by atoms with Crippen molar-refractivity contribution in [3.05, 3.63) is 64.7 Å².